The van der Waals surface area contributed by atoms with Crippen LogP contribution in [-0.4, -0.2) is 32.3 Å². The van der Waals surface area contributed by atoms with E-state index in [0.717, 1.165) is 36.4 Å². The molecule has 1 aromatic carbocycles. The van der Waals surface area contributed by atoms with Crippen LogP contribution in [0.1, 0.15) is 40.1 Å². The van der Waals surface area contributed by atoms with Crippen molar-refractivity contribution < 1.29 is 13.2 Å². The van der Waals surface area contributed by atoms with Crippen LogP contribution in [0.15, 0.2) is 40.6 Å². The minimum atomic E-state index is -3.49. The number of sulfonamides is 1. The molecule has 0 aliphatic carbocycles. The van der Waals surface area contributed by atoms with E-state index in [2.05, 4.69) is 4.72 Å². The third-order valence-corrected chi connectivity index (χ3v) is 7.18. The first-order chi connectivity index (χ1) is 12.0. The number of carbonyl (C=O) groups is 1. The van der Waals surface area contributed by atoms with Gasteiger partial charge in [0.25, 0.3) is 5.91 Å². The fourth-order valence-electron chi connectivity index (χ4n) is 2.85. The third-order valence-electron chi connectivity index (χ3n) is 4.29. The van der Waals surface area contributed by atoms with Gasteiger partial charge in [0.05, 0.1) is 0 Å². The maximum absolute atomic E-state index is 12.4. The van der Waals surface area contributed by atoms with Gasteiger partial charge in [0.2, 0.25) is 10.0 Å². The number of thiophene rings is 1. The lowest BCUT2D eigenvalue weighted by Crippen LogP contribution is -2.35. The zero-order valence-corrected chi connectivity index (χ0v) is 15.8. The quantitative estimate of drug-likeness (QED) is 0.869. The van der Waals surface area contributed by atoms with E-state index >= 15 is 0 Å². The van der Waals surface area contributed by atoms with E-state index < -0.39 is 10.0 Å². The Morgan fingerprint density at radius 2 is 1.76 bits per heavy atom. The van der Waals surface area contributed by atoms with Crippen LogP contribution in [0.2, 0.25) is 0 Å². The molecule has 1 saturated heterocycles. The lowest BCUT2D eigenvalue weighted by atomic mass is 10.1. The van der Waals surface area contributed by atoms with Crippen LogP contribution in [0.4, 0.5) is 0 Å². The number of rotatable bonds is 5. The Morgan fingerprint density at radius 3 is 2.36 bits per heavy atom. The molecule has 5 nitrogen and oxygen atoms in total. The van der Waals surface area contributed by atoms with Crippen molar-refractivity contribution in [3.05, 3.63) is 52.4 Å². The first kappa shape index (κ1) is 18.1. The Bertz CT molecular complexity index is 835. The molecule has 134 valence electrons. The number of benzene rings is 1. The normalized spacial score (nSPS) is 15.3. The second kappa shape index (κ2) is 7.68. The molecule has 2 heterocycles. The highest BCUT2D eigenvalue weighted by molar-refractivity contribution is 7.91. The smallest absolute Gasteiger partial charge is 0.253 e. The summed E-state index contributed by atoms with van der Waals surface area (Å²) in [5.41, 5.74) is 1.48. The summed E-state index contributed by atoms with van der Waals surface area (Å²) in [7, 11) is -3.49. The summed E-state index contributed by atoms with van der Waals surface area (Å²) < 4.78 is 27.4. The molecule has 0 radical (unpaired) electrons. The molecule has 0 saturated carbocycles. The van der Waals surface area contributed by atoms with Crippen molar-refractivity contribution in [3.63, 3.8) is 0 Å². The van der Waals surface area contributed by atoms with Gasteiger partial charge in [-0.2, -0.15) is 0 Å². The van der Waals surface area contributed by atoms with Crippen molar-refractivity contribution >= 4 is 27.3 Å². The van der Waals surface area contributed by atoms with E-state index in [1.165, 1.54) is 17.8 Å². The van der Waals surface area contributed by atoms with Gasteiger partial charge in [-0.3, -0.25) is 4.79 Å². The zero-order valence-electron chi connectivity index (χ0n) is 14.2. The Balaban J connectivity index is 1.62. The van der Waals surface area contributed by atoms with Gasteiger partial charge >= 0.3 is 0 Å². The minimum Gasteiger partial charge on any atom is -0.339 e. The summed E-state index contributed by atoms with van der Waals surface area (Å²) in [6, 6.07) is 10.6. The first-order valence-corrected chi connectivity index (χ1v) is 10.7. The van der Waals surface area contributed by atoms with Crippen molar-refractivity contribution in [1.82, 2.24) is 9.62 Å². The Morgan fingerprint density at radius 1 is 1.08 bits per heavy atom. The maximum atomic E-state index is 12.4. The highest BCUT2D eigenvalue weighted by Crippen LogP contribution is 2.20. The molecule has 7 heteroatoms. The van der Waals surface area contributed by atoms with E-state index in [4.69, 9.17) is 0 Å². The highest BCUT2D eigenvalue weighted by Gasteiger charge is 2.18. The second-order valence-corrected chi connectivity index (χ2v) is 9.52. The number of nitrogens with zero attached hydrogens (tertiary/aromatic N) is 1. The molecule has 0 spiro atoms. The number of hydrogen-bond donors (Lipinski definition) is 1. The summed E-state index contributed by atoms with van der Waals surface area (Å²) in [6.45, 7) is 3.72. The predicted molar refractivity (Wildman–Crippen MR) is 99.3 cm³/mol. The summed E-state index contributed by atoms with van der Waals surface area (Å²) in [4.78, 5) is 15.3. The van der Waals surface area contributed by atoms with E-state index in [-0.39, 0.29) is 12.5 Å². The summed E-state index contributed by atoms with van der Waals surface area (Å²) in [5.74, 6) is 0.0564. The summed E-state index contributed by atoms with van der Waals surface area (Å²) >= 11 is 1.25. The van der Waals surface area contributed by atoms with Gasteiger partial charge in [-0.05, 0) is 56.0 Å². The molecule has 0 bridgehead atoms. The fourth-order valence-corrected chi connectivity index (χ4v) is 5.20. The zero-order chi connectivity index (χ0) is 17.9. The monoisotopic (exact) mass is 378 g/mol. The van der Waals surface area contributed by atoms with E-state index in [9.17, 15) is 13.2 Å². The van der Waals surface area contributed by atoms with Crippen LogP contribution < -0.4 is 4.72 Å². The highest BCUT2D eigenvalue weighted by atomic mass is 32.2. The van der Waals surface area contributed by atoms with Gasteiger partial charge in [0.15, 0.2) is 0 Å². The SMILES string of the molecule is Cc1ccc(S(=O)(=O)NCc2ccc(C(=O)N3CCCCC3)cc2)s1. The van der Waals surface area contributed by atoms with Crippen molar-refractivity contribution in [1.29, 1.82) is 0 Å². The number of carbonyl (C=O) groups excluding carboxylic acids is 1. The molecule has 1 aliphatic heterocycles. The predicted octanol–water partition coefficient (Wildman–Crippen LogP) is 3.16. The molecule has 1 fully saturated rings. The number of aryl methyl sites for hydroxylation is 1. The molecule has 3 rings (SSSR count). The standard InChI is InChI=1S/C18H22N2O3S2/c1-14-5-10-17(24-14)25(22,23)19-13-15-6-8-16(9-7-15)18(21)20-11-3-2-4-12-20/h5-10,19H,2-4,11-13H2,1H3. The number of piperidine rings is 1. The molecule has 1 aliphatic rings. The average molecular weight is 379 g/mol. The number of likely N-dealkylation sites (tertiary alicyclic amines) is 1. The number of nitrogens with one attached hydrogen (secondary N) is 1. The topological polar surface area (TPSA) is 66.5 Å². The second-order valence-electron chi connectivity index (χ2n) is 6.24. The van der Waals surface area contributed by atoms with E-state index in [0.29, 0.717) is 9.77 Å². The third kappa shape index (κ3) is 4.48. The number of hydrogen-bond acceptors (Lipinski definition) is 4. The van der Waals surface area contributed by atoms with Crippen LogP contribution in [0, 0.1) is 6.92 Å². The van der Waals surface area contributed by atoms with Gasteiger partial charge < -0.3 is 4.90 Å². The minimum absolute atomic E-state index is 0.0564. The summed E-state index contributed by atoms with van der Waals surface area (Å²) in [6.07, 6.45) is 3.31. The summed E-state index contributed by atoms with van der Waals surface area (Å²) in [5, 5.41) is 0. The van der Waals surface area contributed by atoms with Crippen molar-refractivity contribution in [3.8, 4) is 0 Å². The van der Waals surface area contributed by atoms with Crippen LogP contribution >= 0.6 is 11.3 Å². The lowest BCUT2D eigenvalue weighted by Gasteiger charge is -2.26. The van der Waals surface area contributed by atoms with Crippen molar-refractivity contribution in [2.75, 3.05) is 13.1 Å². The van der Waals surface area contributed by atoms with Gasteiger partial charge in [0.1, 0.15) is 4.21 Å². The Labute approximate surface area is 152 Å². The van der Waals surface area contributed by atoms with Gasteiger partial charge in [0, 0.05) is 30.1 Å². The van der Waals surface area contributed by atoms with Crippen molar-refractivity contribution in [2.45, 2.75) is 36.9 Å². The van der Waals surface area contributed by atoms with Crippen LogP contribution in [0.3, 0.4) is 0 Å². The maximum Gasteiger partial charge on any atom is 0.253 e. The molecular weight excluding hydrogens is 356 g/mol. The van der Waals surface area contributed by atoms with Crippen LogP contribution in [-0.2, 0) is 16.6 Å². The van der Waals surface area contributed by atoms with Gasteiger partial charge in [-0.25, -0.2) is 13.1 Å². The van der Waals surface area contributed by atoms with E-state index in [1.54, 1.807) is 36.4 Å². The first-order valence-electron chi connectivity index (χ1n) is 8.40. The average Bonchev–Trinajstić information content (AvgIpc) is 3.08. The van der Waals surface area contributed by atoms with Crippen LogP contribution in [0.25, 0.3) is 0 Å². The molecule has 1 N–H and O–H groups in total. The Hall–Kier alpha value is -1.70. The van der Waals surface area contributed by atoms with E-state index in [1.807, 2.05) is 11.8 Å². The van der Waals surface area contributed by atoms with Crippen molar-refractivity contribution in [2.24, 2.45) is 0 Å². The van der Waals surface area contributed by atoms with Crippen LogP contribution in [0.5, 0.6) is 0 Å². The molecule has 25 heavy (non-hydrogen) atoms. The Kier molecular flexibility index (Phi) is 5.56. The fraction of sp³-hybridized carbons (Fsp3) is 0.389. The number of amides is 1. The lowest BCUT2D eigenvalue weighted by molar-refractivity contribution is 0.0724. The van der Waals surface area contributed by atoms with Gasteiger partial charge in [-0.1, -0.05) is 12.1 Å². The largest absolute Gasteiger partial charge is 0.339 e. The van der Waals surface area contributed by atoms with Gasteiger partial charge in [-0.15, -0.1) is 11.3 Å². The molecular formula is C18H22N2O3S2. The molecule has 1 aromatic heterocycles. The molecule has 2 aromatic rings. The molecule has 0 unspecified atom stereocenters. The molecule has 1 amide bonds. The molecule has 0 atom stereocenters.